The maximum absolute atomic E-state index is 13.5. The van der Waals surface area contributed by atoms with Crippen molar-refractivity contribution >= 4 is 17.2 Å². The monoisotopic (exact) mass is 424 g/mol. The molecule has 0 atom stereocenters. The topological polar surface area (TPSA) is 67.6 Å². The van der Waals surface area contributed by atoms with Crippen LogP contribution in [-0.4, -0.2) is 52.7 Å². The first kappa shape index (κ1) is 20.7. The number of aromatic nitrogens is 4. The summed E-state index contributed by atoms with van der Waals surface area (Å²) < 4.78 is 33.6. The molecule has 1 fully saturated rings. The van der Waals surface area contributed by atoms with E-state index in [4.69, 9.17) is 4.74 Å². The minimum Gasteiger partial charge on any atom is -0.378 e. The number of ether oxygens (including phenoxy) is 1. The van der Waals surface area contributed by atoms with Crippen molar-refractivity contribution in [2.24, 2.45) is 0 Å². The number of nitrogens with one attached hydrogen (secondary N) is 1. The number of fused-ring (bicyclic) bond motifs is 1. The lowest BCUT2D eigenvalue weighted by Gasteiger charge is -2.28. The van der Waals surface area contributed by atoms with E-state index in [1.165, 1.54) is 0 Å². The maximum atomic E-state index is 13.5. The van der Waals surface area contributed by atoms with Gasteiger partial charge in [0, 0.05) is 36.5 Å². The molecule has 0 unspecified atom stereocenters. The van der Waals surface area contributed by atoms with Crippen LogP contribution >= 0.6 is 0 Å². The number of hydrogen-bond donors (Lipinski definition) is 1. The quantitative estimate of drug-likeness (QED) is 0.580. The number of benzene rings is 1. The number of hydrogen-bond acceptors (Lipinski definition) is 6. The van der Waals surface area contributed by atoms with E-state index >= 15 is 0 Å². The van der Waals surface area contributed by atoms with Crippen LogP contribution < -0.4 is 10.2 Å². The van der Waals surface area contributed by atoms with Gasteiger partial charge >= 0.3 is 0 Å². The van der Waals surface area contributed by atoms with E-state index in [9.17, 15) is 8.78 Å². The smallest absolute Gasteiger partial charge is 0.185 e. The van der Waals surface area contributed by atoms with Crippen molar-refractivity contribution in [3.63, 3.8) is 0 Å². The third kappa shape index (κ3) is 4.77. The third-order valence-corrected chi connectivity index (χ3v) is 4.90. The second-order valence-electron chi connectivity index (χ2n) is 7.03. The molecule has 7 nitrogen and oxygen atoms in total. The third-order valence-electron chi connectivity index (χ3n) is 4.90. The van der Waals surface area contributed by atoms with E-state index in [1.807, 2.05) is 24.3 Å². The van der Waals surface area contributed by atoms with Crippen molar-refractivity contribution in [2.45, 2.75) is 0 Å². The Kier molecular flexibility index (Phi) is 6.03. The summed E-state index contributed by atoms with van der Waals surface area (Å²) in [4.78, 5) is 2.27. The Balaban J connectivity index is 1.55. The van der Waals surface area contributed by atoms with Gasteiger partial charge in [0.1, 0.15) is 17.5 Å². The highest BCUT2D eigenvalue weighted by molar-refractivity contribution is 5.63. The van der Waals surface area contributed by atoms with Crippen LogP contribution in [0.1, 0.15) is 0 Å². The Morgan fingerprint density at radius 3 is 2.48 bits per heavy atom. The molecule has 0 bridgehead atoms. The Hall–Kier alpha value is -3.59. The highest BCUT2D eigenvalue weighted by atomic mass is 19.1. The van der Waals surface area contributed by atoms with Gasteiger partial charge < -0.3 is 15.0 Å². The molecule has 1 saturated heterocycles. The summed E-state index contributed by atoms with van der Waals surface area (Å²) in [6.07, 6.45) is 0.994. The lowest BCUT2D eigenvalue weighted by atomic mass is 10.2. The molecule has 160 valence electrons. The summed E-state index contributed by atoms with van der Waals surface area (Å²) in [6.45, 7) is 9.52. The van der Waals surface area contributed by atoms with Gasteiger partial charge in [-0.2, -0.15) is 4.52 Å². The molecular weight excluding hydrogens is 402 g/mol. The SMILES string of the molecule is C=C(F)/C=C(/CNc1ccc2nnc(-c3ccc(N4CCOCC4)cc3)n2n1)C(=C)F. The van der Waals surface area contributed by atoms with Gasteiger partial charge in [0.25, 0.3) is 0 Å². The number of rotatable bonds is 7. The Bertz CT molecular complexity index is 1130. The molecule has 9 heteroatoms. The molecule has 1 N–H and O–H groups in total. The number of anilines is 2. The first-order chi connectivity index (χ1) is 15.0. The minimum absolute atomic E-state index is 0.00247. The normalized spacial score (nSPS) is 14.6. The molecule has 0 saturated carbocycles. The largest absolute Gasteiger partial charge is 0.378 e. The Morgan fingerprint density at radius 2 is 1.81 bits per heavy atom. The zero-order chi connectivity index (χ0) is 21.8. The molecule has 1 aliphatic heterocycles. The number of nitrogens with zero attached hydrogens (tertiary/aromatic N) is 5. The Morgan fingerprint density at radius 1 is 1.06 bits per heavy atom. The fraction of sp³-hybridized carbons (Fsp3) is 0.227. The van der Waals surface area contributed by atoms with Crippen LogP contribution in [0.2, 0.25) is 0 Å². The van der Waals surface area contributed by atoms with Gasteiger partial charge in [-0.15, -0.1) is 15.3 Å². The van der Waals surface area contributed by atoms with Crippen molar-refractivity contribution in [3.05, 3.63) is 72.9 Å². The van der Waals surface area contributed by atoms with E-state index in [0.717, 1.165) is 43.6 Å². The summed E-state index contributed by atoms with van der Waals surface area (Å²) in [5.41, 5.74) is 2.61. The summed E-state index contributed by atoms with van der Waals surface area (Å²) in [5.74, 6) is -0.455. The molecule has 0 radical (unpaired) electrons. The number of allylic oxidation sites excluding steroid dienone is 2. The van der Waals surface area contributed by atoms with E-state index in [-0.39, 0.29) is 12.1 Å². The van der Waals surface area contributed by atoms with Gasteiger partial charge in [-0.25, -0.2) is 8.78 Å². The molecule has 31 heavy (non-hydrogen) atoms. The van der Waals surface area contributed by atoms with Crippen LogP contribution in [0.25, 0.3) is 17.0 Å². The highest BCUT2D eigenvalue weighted by Crippen LogP contribution is 2.23. The van der Waals surface area contributed by atoms with Gasteiger partial charge in [0.15, 0.2) is 11.5 Å². The van der Waals surface area contributed by atoms with Crippen molar-refractivity contribution in [2.75, 3.05) is 43.1 Å². The first-order valence-electron chi connectivity index (χ1n) is 9.80. The van der Waals surface area contributed by atoms with Crippen LogP contribution in [-0.2, 0) is 4.74 Å². The molecule has 0 amide bonds. The van der Waals surface area contributed by atoms with Gasteiger partial charge in [-0.3, -0.25) is 0 Å². The molecule has 4 rings (SSSR count). The predicted octanol–water partition coefficient (Wildman–Crippen LogP) is 3.93. The van der Waals surface area contributed by atoms with E-state index < -0.39 is 11.7 Å². The molecule has 0 aliphatic carbocycles. The highest BCUT2D eigenvalue weighted by Gasteiger charge is 2.14. The van der Waals surface area contributed by atoms with Crippen LogP contribution in [0, 0.1) is 0 Å². The fourth-order valence-corrected chi connectivity index (χ4v) is 3.31. The van der Waals surface area contributed by atoms with Crippen molar-refractivity contribution < 1.29 is 13.5 Å². The molecule has 1 aromatic carbocycles. The van der Waals surface area contributed by atoms with E-state index in [0.29, 0.717) is 17.3 Å². The summed E-state index contributed by atoms with van der Waals surface area (Å²) >= 11 is 0. The molecular formula is C22H22F2N6O. The molecule has 0 spiro atoms. The second-order valence-corrected chi connectivity index (χ2v) is 7.03. The lowest BCUT2D eigenvalue weighted by Crippen LogP contribution is -2.36. The maximum Gasteiger partial charge on any atom is 0.185 e. The van der Waals surface area contributed by atoms with Gasteiger partial charge in [0.05, 0.1) is 13.2 Å². The van der Waals surface area contributed by atoms with E-state index in [1.54, 1.807) is 16.6 Å². The van der Waals surface area contributed by atoms with Gasteiger partial charge in [-0.1, -0.05) is 13.2 Å². The standard InChI is InChI=1S/C22H22F2N6O/c1-15(23)13-18(16(2)24)14-25-20-7-8-21-26-27-22(30(21)28-20)17-3-5-19(6-4-17)29-9-11-31-12-10-29/h3-8,13H,1-2,9-12,14H2,(H,25,28)/b18-13-. The molecule has 1 aliphatic rings. The van der Waals surface area contributed by atoms with Crippen LogP contribution in [0.3, 0.4) is 0 Å². The Labute approximate surface area is 178 Å². The number of halogens is 2. The van der Waals surface area contributed by atoms with E-state index in [2.05, 4.69) is 38.7 Å². The average molecular weight is 424 g/mol. The van der Waals surface area contributed by atoms with Crippen molar-refractivity contribution in [1.82, 2.24) is 19.8 Å². The second kappa shape index (κ2) is 9.05. The summed E-state index contributed by atoms with van der Waals surface area (Å²) in [6, 6.07) is 11.5. The fourth-order valence-electron chi connectivity index (χ4n) is 3.31. The molecule has 3 aromatic rings. The zero-order valence-corrected chi connectivity index (χ0v) is 16.9. The summed E-state index contributed by atoms with van der Waals surface area (Å²) in [7, 11) is 0. The lowest BCUT2D eigenvalue weighted by molar-refractivity contribution is 0.122. The minimum atomic E-state index is -0.749. The van der Waals surface area contributed by atoms with Crippen LogP contribution in [0.4, 0.5) is 20.3 Å². The average Bonchev–Trinajstić information content (AvgIpc) is 3.20. The van der Waals surface area contributed by atoms with Gasteiger partial charge in [-0.05, 0) is 42.5 Å². The predicted molar refractivity (Wildman–Crippen MR) is 116 cm³/mol. The van der Waals surface area contributed by atoms with Crippen molar-refractivity contribution in [1.29, 1.82) is 0 Å². The van der Waals surface area contributed by atoms with Gasteiger partial charge in [0.2, 0.25) is 0 Å². The first-order valence-corrected chi connectivity index (χ1v) is 9.80. The van der Waals surface area contributed by atoms with Crippen LogP contribution in [0.15, 0.2) is 72.9 Å². The number of morpholine rings is 1. The van der Waals surface area contributed by atoms with Crippen molar-refractivity contribution in [3.8, 4) is 11.4 Å². The molecule has 3 heterocycles. The molecule has 2 aromatic heterocycles. The summed E-state index contributed by atoms with van der Waals surface area (Å²) in [5, 5.41) is 15.9. The zero-order valence-electron chi connectivity index (χ0n) is 16.9. The van der Waals surface area contributed by atoms with Crippen LogP contribution in [0.5, 0.6) is 0 Å².